The maximum absolute atomic E-state index is 12.2. The van der Waals surface area contributed by atoms with Crippen molar-refractivity contribution in [1.82, 2.24) is 0 Å². The van der Waals surface area contributed by atoms with Gasteiger partial charge in [0, 0.05) is 38.9 Å². The molecule has 1 aliphatic heterocycles. The van der Waals surface area contributed by atoms with Crippen molar-refractivity contribution in [3.63, 3.8) is 0 Å². The van der Waals surface area contributed by atoms with Crippen molar-refractivity contribution in [1.29, 1.82) is 0 Å². The van der Waals surface area contributed by atoms with Crippen LogP contribution in [-0.4, -0.2) is 20.8 Å². The number of rotatable bonds is 35. The van der Waals surface area contributed by atoms with Gasteiger partial charge in [0.1, 0.15) is 0 Å². The van der Waals surface area contributed by atoms with Crippen LogP contribution in [0.1, 0.15) is 216 Å². The standard InChI is InChI=1S/C46H76N2Si2.2C6H13.Ni/c1-10-13-16-18-20-22-24-38-31-40(27-29-49(4,5)6)34-43(33-38)45-37-42(26-15-12-3)46(48(45)47)44-35-39(25-23-21-19-17-14-11-2)32-41(36-44)28-30-50(7,8)9;2*1-3-5-6-4-2;/h31-37H,10-30H2,1-9H3;2*1,3-6H2,2H3;. The van der Waals surface area contributed by atoms with E-state index in [0.29, 0.717) is 0 Å². The van der Waals surface area contributed by atoms with Crippen LogP contribution in [0.2, 0.25) is 62.2 Å². The zero-order valence-electron chi connectivity index (χ0n) is 43.7. The molecule has 1 heterocycles. The fraction of sp³-hybridized carbons (Fsp3) is 0.724. The van der Waals surface area contributed by atoms with Gasteiger partial charge in [-0.05, 0) is 97.9 Å². The number of hydrogen-bond acceptors (Lipinski definition) is 0. The molecule has 0 saturated heterocycles. The van der Waals surface area contributed by atoms with E-state index in [2.05, 4.69) is 116 Å². The molecule has 0 fully saturated rings. The minimum atomic E-state index is -1.18. The molecule has 0 unspecified atom stereocenters. The summed E-state index contributed by atoms with van der Waals surface area (Å²) < 4.78 is 1.59. The zero-order chi connectivity index (χ0) is 46.4. The van der Waals surface area contributed by atoms with Crippen molar-refractivity contribution >= 4 is 27.5 Å². The van der Waals surface area contributed by atoms with Crippen LogP contribution in [0.25, 0.3) is 16.9 Å². The van der Waals surface area contributed by atoms with Crippen molar-refractivity contribution in [3.05, 3.63) is 87.0 Å². The summed E-state index contributed by atoms with van der Waals surface area (Å²) in [7, 11) is -2.35. The second-order valence-corrected chi connectivity index (χ2v) is 34.4. The van der Waals surface area contributed by atoms with Gasteiger partial charge in [-0.1, -0.05) is 155 Å². The average Bonchev–Trinajstić information content (AvgIpc) is 3.58. The molecule has 0 radical (unpaired) electrons. The van der Waals surface area contributed by atoms with Gasteiger partial charge >= 0.3 is 90.4 Å². The molecule has 0 spiro atoms. The van der Waals surface area contributed by atoms with E-state index in [1.165, 1.54) is 190 Å². The molecule has 0 bridgehead atoms. The predicted octanol–water partition coefficient (Wildman–Crippen LogP) is 20.3. The molecule has 0 aliphatic carbocycles. The molecule has 5 heteroatoms. The summed E-state index contributed by atoms with van der Waals surface area (Å²) in [6.45, 7) is 26.3. The Morgan fingerprint density at radius 2 is 0.778 bits per heavy atom. The van der Waals surface area contributed by atoms with Crippen molar-refractivity contribution < 1.29 is 19.1 Å². The maximum atomic E-state index is 12.2. The fourth-order valence-corrected chi connectivity index (χ4v) is 11.8. The first-order valence-corrected chi connectivity index (χ1v) is 35.7. The Hall–Kier alpha value is -1.55. The molecule has 0 N–H and O–H groups in total. The monoisotopic (exact) mass is 941 g/mol. The van der Waals surface area contributed by atoms with Crippen LogP contribution in [0.3, 0.4) is 0 Å². The zero-order valence-corrected chi connectivity index (χ0v) is 46.7. The third-order valence-corrected chi connectivity index (χ3v) is 17.5. The van der Waals surface area contributed by atoms with Gasteiger partial charge in [0.25, 0.3) is 0 Å². The van der Waals surface area contributed by atoms with Gasteiger partial charge in [0.15, 0.2) is 0 Å². The first kappa shape index (κ1) is 57.6. The van der Waals surface area contributed by atoms with E-state index in [1.807, 2.05) is 14.4 Å². The van der Waals surface area contributed by atoms with Gasteiger partial charge in [-0.15, -0.1) is 0 Å². The first-order valence-electron chi connectivity index (χ1n) is 26.9. The molecule has 2 aromatic carbocycles. The molecule has 0 aromatic heterocycles. The van der Waals surface area contributed by atoms with E-state index in [-0.39, 0.29) is 0 Å². The average molecular weight is 942 g/mol. The van der Waals surface area contributed by atoms with Crippen LogP contribution >= 0.6 is 0 Å². The van der Waals surface area contributed by atoms with Crippen molar-refractivity contribution in [2.45, 2.75) is 270 Å². The second kappa shape index (κ2) is 33.8. The molecule has 63 heavy (non-hydrogen) atoms. The Balaban J connectivity index is 0.000000905. The molecular formula is C58H102N2NiSi2. The molecule has 2 nitrogen and oxygen atoms in total. The summed E-state index contributed by atoms with van der Waals surface area (Å²) >= 11 is 1.99. The van der Waals surface area contributed by atoms with E-state index in [9.17, 15) is 5.53 Å². The van der Waals surface area contributed by atoms with Gasteiger partial charge in [-0.3, -0.25) is 0 Å². The van der Waals surface area contributed by atoms with Crippen molar-refractivity contribution in [2.24, 2.45) is 0 Å². The number of benzene rings is 2. The van der Waals surface area contributed by atoms with Gasteiger partial charge in [0.05, 0.1) is 0 Å². The molecule has 0 saturated carbocycles. The molecule has 1 aliphatic rings. The van der Waals surface area contributed by atoms with Crippen LogP contribution in [0.4, 0.5) is 0 Å². The molecule has 2 aromatic rings. The van der Waals surface area contributed by atoms with E-state index in [4.69, 9.17) is 0 Å². The van der Waals surface area contributed by atoms with Crippen LogP contribution in [0.5, 0.6) is 0 Å². The summed E-state index contributed by atoms with van der Waals surface area (Å²) in [5, 5.41) is 2.83. The number of aryl methyl sites for hydroxylation is 4. The normalized spacial score (nSPS) is 13.3. The van der Waals surface area contributed by atoms with Gasteiger partial charge in [-0.2, -0.15) is 0 Å². The molecule has 3 rings (SSSR count). The van der Waals surface area contributed by atoms with Crippen molar-refractivity contribution in [3.8, 4) is 0 Å². The Kier molecular flexibility index (Phi) is 30.9. The quantitative estimate of drug-likeness (QED) is 0.0374. The van der Waals surface area contributed by atoms with E-state index in [1.54, 1.807) is 4.70 Å². The summed E-state index contributed by atoms with van der Waals surface area (Å²) in [4.78, 5) is 0. The van der Waals surface area contributed by atoms with Gasteiger partial charge in [0.2, 0.25) is 11.4 Å². The van der Waals surface area contributed by atoms with Crippen LogP contribution < -0.4 is 0 Å². The molecule has 362 valence electrons. The topological polar surface area (TPSA) is 25.3 Å². The third kappa shape index (κ3) is 26.4. The van der Waals surface area contributed by atoms with Crippen LogP contribution in [-0.2, 0) is 40.1 Å². The summed E-state index contributed by atoms with van der Waals surface area (Å²) in [5.74, 6) is 0. The SMILES string of the molecule is CCCCCCCCc1cc(CC[Si](C)(C)C)cc(C2=CC(CCCC)=C(c3cc(CCCCCCCC)cc(CC[Si](C)(C)C)c3)[N+]2=[N-])c1.CCCCC[CH2][Ni][CH2]CCCCC. The van der Waals surface area contributed by atoms with E-state index < -0.39 is 16.1 Å². The first-order chi connectivity index (χ1) is 30.2. The van der Waals surface area contributed by atoms with Crippen LogP contribution in [0, 0.1) is 0 Å². The number of hydrogen-bond donors (Lipinski definition) is 0. The Labute approximate surface area is 401 Å². The summed E-state index contributed by atoms with van der Waals surface area (Å²) in [6, 6.07) is 17.2. The third-order valence-electron chi connectivity index (χ3n) is 12.6. The Morgan fingerprint density at radius 3 is 1.19 bits per heavy atom. The second-order valence-electron chi connectivity index (χ2n) is 21.6. The summed E-state index contributed by atoms with van der Waals surface area (Å²) in [6.07, 6.45) is 37.4. The summed E-state index contributed by atoms with van der Waals surface area (Å²) in [5.41, 5.74) is 23.7. The molecular weight excluding hydrogens is 840 g/mol. The Bertz CT molecular complexity index is 1580. The number of nitrogens with zero attached hydrogens (tertiary/aromatic N) is 2. The Morgan fingerprint density at radius 1 is 0.413 bits per heavy atom. The van der Waals surface area contributed by atoms with E-state index >= 15 is 0 Å². The minimum absolute atomic E-state index is 0.968. The van der Waals surface area contributed by atoms with Crippen LogP contribution in [0.15, 0.2) is 48.0 Å². The van der Waals surface area contributed by atoms with Crippen molar-refractivity contribution in [2.75, 3.05) is 0 Å². The van der Waals surface area contributed by atoms with Gasteiger partial charge < -0.3 is 5.53 Å². The number of unbranched alkanes of at least 4 members (excludes halogenated alkanes) is 17. The predicted molar refractivity (Wildman–Crippen MR) is 287 cm³/mol. The molecule has 0 amide bonds. The fourth-order valence-electron chi connectivity index (χ4n) is 8.52. The molecule has 0 atom stereocenters. The number of allylic oxidation sites excluding steroid dienone is 2. The van der Waals surface area contributed by atoms with E-state index in [0.717, 1.165) is 56.3 Å². The van der Waals surface area contributed by atoms with Gasteiger partial charge in [-0.25, -0.2) is 4.70 Å².